The van der Waals surface area contributed by atoms with Gasteiger partial charge in [0, 0.05) is 37.2 Å². The van der Waals surface area contributed by atoms with Crippen LogP contribution in [0.5, 0.6) is 0 Å². The molecule has 0 bridgehead atoms. The van der Waals surface area contributed by atoms with Crippen molar-refractivity contribution in [2.45, 2.75) is 18.2 Å². The molecule has 17 heavy (non-hydrogen) atoms. The number of hydrogen-bond acceptors (Lipinski definition) is 3. The van der Waals surface area contributed by atoms with Crippen molar-refractivity contribution in [3.8, 4) is 0 Å². The van der Waals surface area contributed by atoms with Crippen molar-refractivity contribution >= 4 is 11.8 Å². The molecule has 1 N–H and O–H groups in total. The molecule has 2 nitrogen and oxygen atoms in total. The molecule has 0 radical (unpaired) electrons. The summed E-state index contributed by atoms with van der Waals surface area (Å²) >= 11 is 2.08. The normalized spacial score (nSPS) is 26.2. The Morgan fingerprint density at radius 2 is 2.12 bits per heavy atom. The fraction of sp³-hybridized carbons (Fsp3) is 0.571. The van der Waals surface area contributed by atoms with Crippen molar-refractivity contribution in [3.63, 3.8) is 0 Å². The van der Waals surface area contributed by atoms with Crippen LogP contribution in [0.25, 0.3) is 0 Å². The summed E-state index contributed by atoms with van der Waals surface area (Å²) in [5.41, 5.74) is 3.12. The zero-order valence-electron chi connectivity index (χ0n) is 10.2. The Morgan fingerprint density at radius 1 is 1.18 bits per heavy atom. The summed E-state index contributed by atoms with van der Waals surface area (Å²) in [5, 5.41) is 3.49. The topological polar surface area (TPSA) is 15.3 Å². The molecule has 1 atom stereocenters. The summed E-state index contributed by atoms with van der Waals surface area (Å²) in [6.07, 6.45) is 1.28. The first-order valence-electron chi connectivity index (χ1n) is 6.55. The first-order chi connectivity index (χ1) is 8.45. The Hall–Kier alpha value is -0.510. The van der Waals surface area contributed by atoms with Crippen LogP contribution in [0.2, 0.25) is 0 Å². The summed E-state index contributed by atoms with van der Waals surface area (Å²) in [6, 6.07) is 9.64. The standard InChI is InChI=1S/C14H20N2S/c1-2-5-13-12(4-1)10-17-11-14(13)16-8-3-6-15-7-9-16/h1-2,4-5,14-15H,3,6-11H2. The number of nitrogens with one attached hydrogen (secondary N) is 1. The zero-order valence-corrected chi connectivity index (χ0v) is 11.0. The van der Waals surface area contributed by atoms with Crippen LogP contribution in [0, 0.1) is 0 Å². The Bertz CT molecular complexity index is 372. The second-order valence-corrected chi connectivity index (χ2v) is 5.90. The van der Waals surface area contributed by atoms with Crippen molar-refractivity contribution in [2.75, 3.05) is 31.9 Å². The molecule has 2 heterocycles. The van der Waals surface area contributed by atoms with Gasteiger partial charge in [0.05, 0.1) is 0 Å². The average molecular weight is 248 g/mol. The zero-order chi connectivity index (χ0) is 11.5. The molecule has 2 aliphatic rings. The van der Waals surface area contributed by atoms with E-state index in [0.717, 1.165) is 6.54 Å². The molecule has 0 amide bonds. The van der Waals surface area contributed by atoms with Crippen LogP contribution in [-0.2, 0) is 5.75 Å². The van der Waals surface area contributed by atoms with Gasteiger partial charge in [-0.1, -0.05) is 24.3 Å². The minimum absolute atomic E-state index is 0.643. The van der Waals surface area contributed by atoms with Crippen molar-refractivity contribution in [3.05, 3.63) is 35.4 Å². The van der Waals surface area contributed by atoms with Crippen LogP contribution in [0.3, 0.4) is 0 Å². The molecule has 0 spiro atoms. The van der Waals surface area contributed by atoms with Crippen LogP contribution in [0.1, 0.15) is 23.6 Å². The van der Waals surface area contributed by atoms with Crippen LogP contribution in [0.4, 0.5) is 0 Å². The van der Waals surface area contributed by atoms with Gasteiger partial charge in [0.15, 0.2) is 0 Å². The number of thioether (sulfide) groups is 1. The molecule has 0 saturated carbocycles. The fourth-order valence-electron chi connectivity index (χ4n) is 2.84. The molecular weight excluding hydrogens is 228 g/mol. The van der Waals surface area contributed by atoms with E-state index in [1.165, 1.54) is 37.6 Å². The van der Waals surface area contributed by atoms with E-state index in [1.807, 2.05) is 0 Å². The summed E-state index contributed by atoms with van der Waals surface area (Å²) in [7, 11) is 0. The summed E-state index contributed by atoms with van der Waals surface area (Å²) in [5.74, 6) is 2.45. The number of benzene rings is 1. The predicted octanol–water partition coefficient (Wildman–Crippen LogP) is 2.27. The van der Waals surface area contributed by atoms with Gasteiger partial charge in [0.1, 0.15) is 0 Å². The lowest BCUT2D eigenvalue weighted by molar-refractivity contribution is 0.227. The van der Waals surface area contributed by atoms with Crippen molar-refractivity contribution < 1.29 is 0 Å². The minimum Gasteiger partial charge on any atom is -0.315 e. The van der Waals surface area contributed by atoms with Gasteiger partial charge in [0.25, 0.3) is 0 Å². The molecule has 2 aliphatic heterocycles. The summed E-state index contributed by atoms with van der Waals surface area (Å²) in [4.78, 5) is 2.67. The van der Waals surface area contributed by atoms with Crippen LogP contribution in [-0.4, -0.2) is 36.8 Å². The monoisotopic (exact) mass is 248 g/mol. The van der Waals surface area contributed by atoms with Crippen LogP contribution >= 0.6 is 11.8 Å². The molecule has 1 aromatic rings. The van der Waals surface area contributed by atoms with Crippen LogP contribution in [0.15, 0.2) is 24.3 Å². The molecule has 3 heteroatoms. The third kappa shape index (κ3) is 2.51. The number of hydrogen-bond donors (Lipinski definition) is 1. The van der Waals surface area contributed by atoms with E-state index in [2.05, 4.69) is 46.2 Å². The van der Waals surface area contributed by atoms with Gasteiger partial charge in [0.2, 0.25) is 0 Å². The van der Waals surface area contributed by atoms with Crippen molar-refractivity contribution in [1.82, 2.24) is 10.2 Å². The Kier molecular flexibility index (Phi) is 3.69. The Labute approximate surface area is 108 Å². The third-order valence-electron chi connectivity index (χ3n) is 3.76. The first kappa shape index (κ1) is 11.6. The molecular formula is C14H20N2S. The van der Waals surface area contributed by atoms with E-state index in [4.69, 9.17) is 0 Å². The summed E-state index contributed by atoms with van der Waals surface area (Å²) < 4.78 is 0. The highest BCUT2D eigenvalue weighted by Crippen LogP contribution is 2.35. The van der Waals surface area contributed by atoms with Crippen LogP contribution < -0.4 is 5.32 Å². The lowest BCUT2D eigenvalue weighted by Gasteiger charge is -2.34. The van der Waals surface area contributed by atoms with Gasteiger partial charge < -0.3 is 5.32 Å². The highest BCUT2D eigenvalue weighted by molar-refractivity contribution is 7.98. The highest BCUT2D eigenvalue weighted by atomic mass is 32.2. The first-order valence-corrected chi connectivity index (χ1v) is 7.71. The van der Waals surface area contributed by atoms with E-state index in [-0.39, 0.29) is 0 Å². The van der Waals surface area contributed by atoms with Gasteiger partial charge in [-0.3, -0.25) is 4.90 Å². The quantitative estimate of drug-likeness (QED) is 0.821. The maximum absolute atomic E-state index is 3.49. The van der Waals surface area contributed by atoms with Gasteiger partial charge >= 0.3 is 0 Å². The molecule has 1 saturated heterocycles. The fourth-order valence-corrected chi connectivity index (χ4v) is 4.06. The molecule has 3 rings (SSSR count). The predicted molar refractivity (Wildman–Crippen MR) is 74.4 cm³/mol. The number of fused-ring (bicyclic) bond motifs is 1. The molecule has 0 aromatic heterocycles. The van der Waals surface area contributed by atoms with Crippen molar-refractivity contribution in [1.29, 1.82) is 0 Å². The van der Waals surface area contributed by atoms with Gasteiger partial charge in [-0.2, -0.15) is 11.8 Å². The van der Waals surface area contributed by atoms with Crippen molar-refractivity contribution in [2.24, 2.45) is 0 Å². The largest absolute Gasteiger partial charge is 0.315 e. The Morgan fingerprint density at radius 3 is 3.12 bits per heavy atom. The maximum Gasteiger partial charge on any atom is 0.0442 e. The third-order valence-corrected chi connectivity index (χ3v) is 4.83. The second-order valence-electron chi connectivity index (χ2n) is 4.87. The number of nitrogens with zero attached hydrogens (tertiary/aromatic N) is 1. The minimum atomic E-state index is 0.643. The van der Waals surface area contributed by atoms with Gasteiger partial charge in [-0.05, 0) is 24.1 Å². The van der Waals surface area contributed by atoms with Gasteiger partial charge in [-0.25, -0.2) is 0 Å². The molecule has 1 unspecified atom stereocenters. The lowest BCUT2D eigenvalue weighted by Crippen LogP contribution is -2.35. The Balaban J connectivity index is 1.83. The average Bonchev–Trinajstić information content (AvgIpc) is 2.67. The van der Waals surface area contributed by atoms with E-state index >= 15 is 0 Å². The van der Waals surface area contributed by atoms with E-state index < -0.39 is 0 Å². The second kappa shape index (κ2) is 5.42. The molecule has 1 fully saturated rings. The highest BCUT2D eigenvalue weighted by Gasteiger charge is 2.26. The molecule has 92 valence electrons. The molecule has 1 aromatic carbocycles. The van der Waals surface area contributed by atoms with E-state index in [9.17, 15) is 0 Å². The van der Waals surface area contributed by atoms with Gasteiger partial charge in [-0.15, -0.1) is 0 Å². The molecule has 0 aliphatic carbocycles. The van der Waals surface area contributed by atoms with E-state index in [0.29, 0.717) is 6.04 Å². The SMILES string of the molecule is c1ccc2c(c1)CSCC2N1CCCNCC1. The number of rotatable bonds is 1. The maximum atomic E-state index is 3.49. The smallest absolute Gasteiger partial charge is 0.0442 e. The van der Waals surface area contributed by atoms with E-state index in [1.54, 1.807) is 11.1 Å². The summed E-state index contributed by atoms with van der Waals surface area (Å²) in [6.45, 7) is 4.76. The lowest BCUT2D eigenvalue weighted by atomic mass is 10.0.